The summed E-state index contributed by atoms with van der Waals surface area (Å²) in [6, 6.07) is 13.0. The number of anilines is 1. The SMILES string of the molecule is Cc1cccc(C)c1-n1nnnc1C1(Nc2cccc(C(=O)O)c2)CCCC1. The Hall–Kier alpha value is -3.22. The lowest BCUT2D eigenvalue weighted by atomic mass is 9.95. The van der Waals surface area contributed by atoms with E-state index in [9.17, 15) is 9.90 Å². The summed E-state index contributed by atoms with van der Waals surface area (Å²) in [6.45, 7) is 4.11. The Morgan fingerprint density at radius 1 is 1.11 bits per heavy atom. The van der Waals surface area contributed by atoms with E-state index in [0.29, 0.717) is 0 Å². The van der Waals surface area contributed by atoms with Crippen molar-refractivity contribution in [2.24, 2.45) is 0 Å². The zero-order valence-corrected chi connectivity index (χ0v) is 16.0. The standard InChI is InChI=1S/C21H23N5O2/c1-14-7-5-8-15(2)18(14)26-20(23-24-25-26)21(11-3-4-12-21)22-17-10-6-9-16(13-17)19(27)28/h5-10,13,22H,3-4,11-12H2,1-2H3,(H,27,28). The van der Waals surface area contributed by atoms with Crippen molar-refractivity contribution >= 4 is 11.7 Å². The lowest BCUT2D eigenvalue weighted by Gasteiger charge is -2.30. The van der Waals surface area contributed by atoms with Crippen molar-refractivity contribution in [2.75, 3.05) is 5.32 Å². The van der Waals surface area contributed by atoms with E-state index in [-0.39, 0.29) is 5.56 Å². The van der Waals surface area contributed by atoms with E-state index in [1.807, 2.05) is 16.8 Å². The van der Waals surface area contributed by atoms with Gasteiger partial charge in [0.1, 0.15) is 0 Å². The maximum Gasteiger partial charge on any atom is 0.335 e. The molecule has 0 saturated heterocycles. The van der Waals surface area contributed by atoms with Crippen molar-refractivity contribution in [2.45, 2.75) is 45.1 Å². The number of para-hydroxylation sites is 1. The molecule has 3 aromatic rings. The van der Waals surface area contributed by atoms with Crippen molar-refractivity contribution in [3.8, 4) is 5.69 Å². The number of aromatic carboxylic acids is 1. The summed E-state index contributed by atoms with van der Waals surface area (Å²) >= 11 is 0. The van der Waals surface area contributed by atoms with Gasteiger partial charge in [-0.3, -0.25) is 0 Å². The Bertz CT molecular complexity index is 1000. The van der Waals surface area contributed by atoms with Gasteiger partial charge in [-0.05, 0) is 66.4 Å². The first-order valence-electron chi connectivity index (χ1n) is 9.47. The van der Waals surface area contributed by atoms with Crippen LogP contribution in [0.25, 0.3) is 5.69 Å². The molecule has 1 fully saturated rings. The molecule has 7 nitrogen and oxygen atoms in total. The maximum absolute atomic E-state index is 11.3. The van der Waals surface area contributed by atoms with E-state index in [4.69, 9.17) is 0 Å². The number of aryl methyl sites for hydroxylation is 2. The van der Waals surface area contributed by atoms with Gasteiger partial charge in [-0.1, -0.05) is 37.1 Å². The summed E-state index contributed by atoms with van der Waals surface area (Å²) in [5.74, 6) is -0.174. The van der Waals surface area contributed by atoms with Gasteiger partial charge in [0.25, 0.3) is 0 Å². The highest BCUT2D eigenvalue weighted by atomic mass is 16.4. The van der Waals surface area contributed by atoms with E-state index in [1.165, 1.54) is 0 Å². The molecule has 1 saturated carbocycles. The van der Waals surface area contributed by atoms with Gasteiger partial charge in [0.2, 0.25) is 0 Å². The number of carboxylic acid groups (broad SMARTS) is 1. The first kappa shape index (κ1) is 18.2. The summed E-state index contributed by atoms with van der Waals surface area (Å²) in [6.07, 6.45) is 3.89. The van der Waals surface area contributed by atoms with Crippen LogP contribution in [0.5, 0.6) is 0 Å². The molecule has 0 spiro atoms. The molecule has 1 aromatic heterocycles. The third-order valence-electron chi connectivity index (χ3n) is 5.50. The van der Waals surface area contributed by atoms with Crippen LogP contribution in [0.15, 0.2) is 42.5 Å². The fourth-order valence-electron chi connectivity index (χ4n) is 4.17. The van der Waals surface area contributed by atoms with Gasteiger partial charge in [-0.25, -0.2) is 4.79 Å². The third-order valence-corrected chi connectivity index (χ3v) is 5.50. The predicted octanol–water partition coefficient (Wildman–Crippen LogP) is 3.86. The Labute approximate surface area is 163 Å². The van der Waals surface area contributed by atoms with Gasteiger partial charge in [0.05, 0.1) is 16.8 Å². The first-order valence-corrected chi connectivity index (χ1v) is 9.47. The molecule has 2 aromatic carbocycles. The maximum atomic E-state index is 11.3. The number of carbonyl (C=O) groups is 1. The number of aromatic nitrogens is 4. The van der Waals surface area contributed by atoms with Crippen LogP contribution in [0.1, 0.15) is 53.0 Å². The molecule has 2 N–H and O–H groups in total. The number of nitrogens with zero attached hydrogens (tertiary/aromatic N) is 4. The van der Waals surface area contributed by atoms with Crippen LogP contribution in [0.4, 0.5) is 5.69 Å². The molecule has 0 aliphatic heterocycles. The van der Waals surface area contributed by atoms with Crippen LogP contribution in [0.3, 0.4) is 0 Å². The van der Waals surface area contributed by atoms with Crippen molar-refractivity contribution in [1.82, 2.24) is 20.2 Å². The average molecular weight is 377 g/mol. The fourth-order valence-corrected chi connectivity index (χ4v) is 4.17. The van der Waals surface area contributed by atoms with Crippen LogP contribution in [0, 0.1) is 13.8 Å². The number of benzene rings is 2. The fraction of sp³-hybridized carbons (Fsp3) is 0.333. The molecule has 4 rings (SSSR count). The summed E-state index contributed by atoms with van der Waals surface area (Å²) in [5.41, 5.74) is 3.79. The van der Waals surface area contributed by atoms with Crippen LogP contribution in [-0.4, -0.2) is 31.3 Å². The van der Waals surface area contributed by atoms with Crippen molar-refractivity contribution in [3.63, 3.8) is 0 Å². The minimum Gasteiger partial charge on any atom is -0.478 e. The predicted molar refractivity (Wildman–Crippen MR) is 106 cm³/mol. The quantitative estimate of drug-likeness (QED) is 0.701. The number of tetrazole rings is 1. The molecule has 0 amide bonds. The van der Waals surface area contributed by atoms with Gasteiger partial charge < -0.3 is 10.4 Å². The topological polar surface area (TPSA) is 92.9 Å². The zero-order chi connectivity index (χ0) is 19.7. The number of rotatable bonds is 5. The molecule has 1 aliphatic carbocycles. The van der Waals surface area contributed by atoms with Gasteiger partial charge in [0, 0.05) is 5.69 Å². The van der Waals surface area contributed by atoms with Crippen LogP contribution in [0.2, 0.25) is 0 Å². The molecule has 1 heterocycles. The second-order valence-electron chi connectivity index (χ2n) is 7.45. The van der Waals surface area contributed by atoms with E-state index in [0.717, 1.165) is 54.0 Å². The normalized spacial score (nSPS) is 15.5. The molecular formula is C21H23N5O2. The number of hydrogen-bond donors (Lipinski definition) is 2. The third kappa shape index (κ3) is 3.13. The summed E-state index contributed by atoms with van der Waals surface area (Å²) in [7, 11) is 0. The van der Waals surface area contributed by atoms with E-state index in [2.05, 4.69) is 46.8 Å². The highest BCUT2D eigenvalue weighted by molar-refractivity contribution is 5.88. The smallest absolute Gasteiger partial charge is 0.335 e. The Balaban J connectivity index is 1.79. The number of hydrogen-bond acceptors (Lipinski definition) is 5. The molecule has 0 unspecified atom stereocenters. The largest absolute Gasteiger partial charge is 0.478 e. The minimum atomic E-state index is -0.940. The summed E-state index contributed by atoms with van der Waals surface area (Å²) in [4.78, 5) is 11.3. The Morgan fingerprint density at radius 2 is 1.79 bits per heavy atom. The number of nitrogens with one attached hydrogen (secondary N) is 1. The molecule has 7 heteroatoms. The zero-order valence-electron chi connectivity index (χ0n) is 16.0. The Morgan fingerprint density at radius 3 is 2.46 bits per heavy atom. The van der Waals surface area contributed by atoms with Gasteiger partial charge in [-0.15, -0.1) is 5.10 Å². The van der Waals surface area contributed by atoms with Crippen molar-refractivity contribution in [3.05, 3.63) is 65.0 Å². The van der Waals surface area contributed by atoms with E-state index >= 15 is 0 Å². The molecule has 28 heavy (non-hydrogen) atoms. The van der Waals surface area contributed by atoms with Crippen LogP contribution < -0.4 is 5.32 Å². The van der Waals surface area contributed by atoms with Crippen molar-refractivity contribution < 1.29 is 9.90 Å². The molecule has 0 radical (unpaired) electrons. The van der Waals surface area contributed by atoms with Crippen LogP contribution in [-0.2, 0) is 5.54 Å². The van der Waals surface area contributed by atoms with Crippen LogP contribution >= 0.6 is 0 Å². The second kappa shape index (κ2) is 7.07. The second-order valence-corrected chi connectivity index (χ2v) is 7.45. The Kier molecular flexibility index (Phi) is 4.58. The highest BCUT2D eigenvalue weighted by Gasteiger charge is 2.41. The minimum absolute atomic E-state index is 0.257. The molecule has 0 bridgehead atoms. The van der Waals surface area contributed by atoms with Gasteiger partial charge in [-0.2, -0.15) is 4.68 Å². The monoisotopic (exact) mass is 377 g/mol. The summed E-state index contributed by atoms with van der Waals surface area (Å²) < 4.78 is 1.84. The lowest BCUT2D eigenvalue weighted by Crippen LogP contribution is -2.35. The first-order chi connectivity index (χ1) is 13.5. The summed E-state index contributed by atoms with van der Waals surface area (Å²) in [5, 5.41) is 25.6. The highest BCUT2D eigenvalue weighted by Crippen LogP contribution is 2.41. The average Bonchev–Trinajstić information content (AvgIpc) is 3.32. The molecule has 144 valence electrons. The van der Waals surface area contributed by atoms with E-state index < -0.39 is 11.5 Å². The van der Waals surface area contributed by atoms with Crippen molar-refractivity contribution in [1.29, 1.82) is 0 Å². The number of carboxylic acids is 1. The molecular weight excluding hydrogens is 354 g/mol. The van der Waals surface area contributed by atoms with E-state index in [1.54, 1.807) is 18.2 Å². The molecule has 1 aliphatic rings. The van der Waals surface area contributed by atoms with Gasteiger partial charge in [0.15, 0.2) is 5.82 Å². The van der Waals surface area contributed by atoms with Gasteiger partial charge >= 0.3 is 5.97 Å². The molecule has 0 atom stereocenters. The lowest BCUT2D eigenvalue weighted by molar-refractivity contribution is 0.0697.